The van der Waals surface area contributed by atoms with E-state index < -0.39 is 68.0 Å². The summed E-state index contributed by atoms with van der Waals surface area (Å²) in [6, 6.07) is 23.2. The lowest BCUT2D eigenvalue weighted by molar-refractivity contribution is -0.392. The highest BCUT2D eigenvalue weighted by Gasteiger charge is 2.66. The summed E-state index contributed by atoms with van der Waals surface area (Å²) in [5.74, 6) is -6.81. The van der Waals surface area contributed by atoms with Crippen LogP contribution in [0.4, 0.5) is 22.7 Å². The van der Waals surface area contributed by atoms with E-state index in [1.54, 1.807) is 54.6 Å². The standard InChI is InChI=1S/C43H35IN4O10/c1-45(2)38-32(47(54)55)18-25(19-33(38)48(56)57)46-41(52)27-15-14-26-29(36(27)42(46)53)20-30-39(50)28(22-10-6-4-7-11-22)21-35(49)43(30,24-12-8-5-9-13-24)37(26)23-16-31(44)40(51)34(17-23)58-3/h4-14,16-19,21,27,29-30,36-37,51H,15,20H2,1-3H3. The number of allylic oxidation sites excluding steroid dienone is 4. The molecule has 4 aromatic rings. The molecule has 0 aromatic heterocycles. The zero-order valence-electron chi connectivity index (χ0n) is 31.3. The Balaban J connectivity index is 1.35. The van der Waals surface area contributed by atoms with E-state index in [0.29, 0.717) is 25.8 Å². The molecule has 1 heterocycles. The topological polar surface area (TPSA) is 190 Å². The number of hydrogen-bond acceptors (Lipinski definition) is 11. The Morgan fingerprint density at radius 2 is 1.50 bits per heavy atom. The summed E-state index contributed by atoms with van der Waals surface area (Å²) in [7, 11) is 4.23. The number of nitrogens with zero attached hydrogens (tertiary/aromatic N) is 4. The van der Waals surface area contributed by atoms with Crippen LogP contribution in [0.2, 0.25) is 0 Å². The SMILES string of the molecule is COc1cc(C2C3=CCC4C(=O)N(c5cc([N+](=O)[O-])c(N(C)C)c([N+](=O)[O-])c5)C(=O)C4C3CC3C(=O)C(c4ccccc4)=CC(=O)C32c2ccccc2)cc(I)c1O. The van der Waals surface area contributed by atoms with Crippen LogP contribution in [0.5, 0.6) is 11.5 Å². The molecule has 1 saturated heterocycles. The molecule has 8 rings (SSSR count). The molecule has 2 amide bonds. The van der Waals surface area contributed by atoms with Crippen molar-refractivity contribution in [2.24, 2.45) is 23.7 Å². The Hall–Kier alpha value is -6.23. The van der Waals surface area contributed by atoms with E-state index in [4.69, 9.17) is 4.74 Å². The van der Waals surface area contributed by atoms with Gasteiger partial charge in [0.2, 0.25) is 11.8 Å². The second kappa shape index (κ2) is 14.3. The molecule has 1 aliphatic heterocycles. The molecular weight excluding hydrogens is 859 g/mol. The number of benzene rings is 4. The van der Waals surface area contributed by atoms with Crippen LogP contribution in [0.3, 0.4) is 0 Å². The van der Waals surface area contributed by atoms with Gasteiger partial charge in [-0.2, -0.15) is 0 Å². The second-order valence-corrected chi connectivity index (χ2v) is 16.3. The highest BCUT2D eigenvalue weighted by Crippen LogP contribution is 2.64. The Morgan fingerprint density at radius 1 is 0.879 bits per heavy atom. The molecule has 0 bridgehead atoms. The maximum absolute atomic E-state index is 15.3. The summed E-state index contributed by atoms with van der Waals surface area (Å²) in [5.41, 5.74) is -0.931. The average Bonchev–Trinajstić information content (AvgIpc) is 3.47. The van der Waals surface area contributed by atoms with Crippen LogP contribution in [0.1, 0.15) is 35.4 Å². The van der Waals surface area contributed by atoms with E-state index in [0.717, 1.165) is 17.0 Å². The molecule has 0 radical (unpaired) electrons. The van der Waals surface area contributed by atoms with Crippen LogP contribution < -0.4 is 14.5 Å². The van der Waals surface area contributed by atoms with Gasteiger partial charge in [0.05, 0.1) is 43.5 Å². The predicted octanol–water partition coefficient (Wildman–Crippen LogP) is 6.92. The van der Waals surface area contributed by atoms with Crippen molar-refractivity contribution >= 4 is 74.3 Å². The second-order valence-electron chi connectivity index (χ2n) is 15.1. The third-order valence-corrected chi connectivity index (χ3v) is 13.0. The summed E-state index contributed by atoms with van der Waals surface area (Å²) < 4.78 is 6.01. The number of ether oxygens (including phenoxy) is 1. The molecule has 58 heavy (non-hydrogen) atoms. The number of aromatic hydroxyl groups is 1. The first kappa shape index (κ1) is 38.6. The fraction of sp³-hybridized carbons (Fsp3) is 0.256. The Morgan fingerprint density at radius 3 is 2.09 bits per heavy atom. The van der Waals surface area contributed by atoms with E-state index in [1.807, 2.05) is 46.9 Å². The third-order valence-electron chi connectivity index (χ3n) is 12.1. The van der Waals surface area contributed by atoms with Gasteiger partial charge in [-0.05, 0) is 76.2 Å². The number of methoxy groups -OCH3 is 1. The van der Waals surface area contributed by atoms with Gasteiger partial charge in [-0.15, -0.1) is 0 Å². The minimum Gasteiger partial charge on any atom is -0.504 e. The molecule has 4 aliphatic rings. The monoisotopic (exact) mass is 894 g/mol. The first-order chi connectivity index (χ1) is 27.7. The Labute approximate surface area is 345 Å². The minimum absolute atomic E-state index is 0.00776. The van der Waals surface area contributed by atoms with Gasteiger partial charge in [-0.1, -0.05) is 72.3 Å². The van der Waals surface area contributed by atoms with E-state index in [2.05, 4.69) is 0 Å². The van der Waals surface area contributed by atoms with Gasteiger partial charge >= 0.3 is 11.4 Å². The van der Waals surface area contributed by atoms with Crippen molar-refractivity contribution in [3.8, 4) is 11.5 Å². The number of Topliss-reactive ketones (excluding diaryl/α,β-unsaturated/α-hetero) is 1. The summed E-state index contributed by atoms with van der Waals surface area (Å²) in [4.78, 5) is 84.7. The lowest BCUT2D eigenvalue weighted by Crippen LogP contribution is -2.58. The van der Waals surface area contributed by atoms with Crippen molar-refractivity contribution in [2.45, 2.75) is 24.2 Å². The fourth-order valence-electron chi connectivity index (χ4n) is 9.88. The maximum Gasteiger partial charge on any atom is 0.301 e. The Kier molecular flexibility index (Phi) is 9.53. The summed E-state index contributed by atoms with van der Waals surface area (Å²) in [5, 5.41) is 35.5. The van der Waals surface area contributed by atoms with Gasteiger partial charge in [-0.25, -0.2) is 4.90 Å². The summed E-state index contributed by atoms with van der Waals surface area (Å²) in [6.45, 7) is 0. The quantitative estimate of drug-likeness (QED) is 0.0636. The van der Waals surface area contributed by atoms with Crippen LogP contribution in [0.15, 0.2) is 103 Å². The molecule has 6 atom stereocenters. The van der Waals surface area contributed by atoms with Gasteiger partial charge in [0, 0.05) is 43.6 Å². The number of halogens is 1. The van der Waals surface area contributed by atoms with Crippen LogP contribution in [0.25, 0.3) is 5.57 Å². The molecule has 1 saturated carbocycles. The van der Waals surface area contributed by atoms with Crippen LogP contribution >= 0.6 is 22.6 Å². The average molecular weight is 895 g/mol. The number of fused-ring (bicyclic) bond motifs is 4. The number of amides is 2. The molecule has 294 valence electrons. The number of hydrogen-bond donors (Lipinski definition) is 1. The molecule has 4 aromatic carbocycles. The molecule has 6 unspecified atom stereocenters. The number of phenolic OH excluding ortho intramolecular Hbond substituents is 1. The van der Waals surface area contributed by atoms with Gasteiger partial charge in [0.15, 0.2) is 28.8 Å². The van der Waals surface area contributed by atoms with Crippen LogP contribution in [-0.2, 0) is 24.6 Å². The normalized spacial score (nSPS) is 25.0. The molecular formula is C43H35IN4O10. The highest BCUT2D eigenvalue weighted by molar-refractivity contribution is 14.1. The maximum atomic E-state index is 15.3. The lowest BCUT2D eigenvalue weighted by atomic mass is 9.44. The van der Waals surface area contributed by atoms with Crippen molar-refractivity contribution in [3.63, 3.8) is 0 Å². The molecule has 1 N–H and O–H groups in total. The number of ketones is 2. The molecule has 2 fully saturated rings. The molecule has 15 heteroatoms. The molecule has 14 nitrogen and oxygen atoms in total. The first-order valence-corrected chi connectivity index (χ1v) is 19.5. The smallest absolute Gasteiger partial charge is 0.301 e. The number of nitro groups is 2. The zero-order valence-corrected chi connectivity index (χ0v) is 33.5. The van der Waals surface area contributed by atoms with E-state index in [-0.39, 0.29) is 52.9 Å². The minimum atomic E-state index is -1.54. The van der Waals surface area contributed by atoms with E-state index >= 15 is 9.59 Å². The van der Waals surface area contributed by atoms with Crippen molar-refractivity contribution in [2.75, 3.05) is 31.0 Å². The number of carbonyl (C=O) groups is 4. The van der Waals surface area contributed by atoms with Crippen molar-refractivity contribution < 1.29 is 38.9 Å². The number of rotatable bonds is 8. The number of anilines is 2. The number of phenols is 1. The molecule has 0 spiro atoms. The number of imide groups is 1. The Bertz CT molecular complexity index is 2500. The first-order valence-electron chi connectivity index (χ1n) is 18.4. The van der Waals surface area contributed by atoms with Gasteiger partial charge in [0.1, 0.15) is 0 Å². The summed E-state index contributed by atoms with van der Waals surface area (Å²) >= 11 is 1.97. The van der Waals surface area contributed by atoms with Gasteiger partial charge < -0.3 is 14.7 Å². The largest absolute Gasteiger partial charge is 0.504 e. The van der Waals surface area contributed by atoms with Crippen LogP contribution in [0, 0.1) is 47.5 Å². The van der Waals surface area contributed by atoms with Crippen molar-refractivity contribution in [3.05, 3.63) is 143 Å². The van der Waals surface area contributed by atoms with Crippen molar-refractivity contribution in [1.29, 1.82) is 0 Å². The predicted molar refractivity (Wildman–Crippen MR) is 221 cm³/mol. The zero-order chi connectivity index (χ0) is 41.4. The highest BCUT2D eigenvalue weighted by atomic mass is 127. The van der Waals surface area contributed by atoms with Crippen LogP contribution in [-0.4, -0.2) is 59.5 Å². The van der Waals surface area contributed by atoms with Gasteiger partial charge in [-0.3, -0.25) is 39.4 Å². The molecule has 3 aliphatic carbocycles. The van der Waals surface area contributed by atoms with E-state index in [1.165, 1.54) is 32.2 Å². The van der Waals surface area contributed by atoms with E-state index in [9.17, 15) is 34.9 Å². The fourth-order valence-corrected chi connectivity index (χ4v) is 10.5. The summed E-state index contributed by atoms with van der Waals surface area (Å²) in [6.07, 6.45) is 3.30. The third kappa shape index (κ3) is 5.65. The number of nitro benzene ring substituents is 2. The van der Waals surface area contributed by atoms with Gasteiger partial charge in [0.25, 0.3) is 0 Å². The number of carbonyl (C=O) groups excluding carboxylic acids is 4. The lowest BCUT2D eigenvalue weighted by Gasteiger charge is -2.55. The van der Waals surface area contributed by atoms with Crippen molar-refractivity contribution in [1.82, 2.24) is 0 Å².